The Bertz CT molecular complexity index is 2870. The average molecular weight is 734 g/mol. The molecular weight excluding hydrogens is 691 g/mol. The summed E-state index contributed by atoms with van der Waals surface area (Å²) < 4.78 is 0. The van der Waals surface area contributed by atoms with E-state index in [0.29, 0.717) is 6.54 Å². The first-order chi connectivity index (χ1) is 28.0. The zero-order chi connectivity index (χ0) is 38.9. The summed E-state index contributed by atoms with van der Waals surface area (Å²) in [6.45, 7) is 2.78. The maximum Gasteiger partial charge on any atom is 0.122 e. The molecule has 2 aliphatic carbocycles. The number of hydrogen-bond acceptors (Lipinski definition) is 2. The first-order valence-corrected chi connectivity index (χ1v) is 19.5. The Kier molecular flexibility index (Phi) is 9.30. The number of fused-ring (bicyclic) bond motifs is 13. The van der Waals surface area contributed by atoms with Gasteiger partial charge < -0.3 is 11.5 Å². The van der Waals surface area contributed by atoms with Gasteiger partial charge in [-0.3, -0.25) is 5.41 Å². The SMILES string of the molecule is Cc1ccc(-c2ccc3cc4c(cc3c2)C2(c3ccccc3-c3ccccc32)c2ccc3ccccc3c2-4)cc1.N=C(N)c1ccccc1.NCc1ccccc1. The third-order valence-corrected chi connectivity index (χ3v) is 11.5. The van der Waals surface area contributed by atoms with Gasteiger partial charge in [-0.15, -0.1) is 0 Å². The van der Waals surface area contributed by atoms with Gasteiger partial charge in [0, 0.05) is 12.1 Å². The van der Waals surface area contributed by atoms with Gasteiger partial charge in [0.25, 0.3) is 0 Å². The summed E-state index contributed by atoms with van der Waals surface area (Å²) in [6, 6.07) is 71.7. The molecule has 11 rings (SSSR count). The maximum absolute atomic E-state index is 7.01. The van der Waals surface area contributed by atoms with Gasteiger partial charge in [0.15, 0.2) is 0 Å². The van der Waals surface area contributed by atoms with Crippen LogP contribution in [0.15, 0.2) is 200 Å². The van der Waals surface area contributed by atoms with Crippen LogP contribution in [0.3, 0.4) is 0 Å². The van der Waals surface area contributed by atoms with E-state index in [9.17, 15) is 0 Å². The molecule has 0 heterocycles. The lowest BCUT2D eigenvalue weighted by Gasteiger charge is -2.30. The molecule has 0 radical (unpaired) electrons. The molecule has 0 amide bonds. The van der Waals surface area contributed by atoms with Crippen LogP contribution < -0.4 is 11.5 Å². The van der Waals surface area contributed by atoms with Crippen molar-refractivity contribution in [1.29, 1.82) is 5.41 Å². The number of nitrogens with one attached hydrogen (secondary N) is 1. The number of nitrogens with two attached hydrogens (primary N) is 2. The van der Waals surface area contributed by atoms with Crippen molar-refractivity contribution in [3.8, 4) is 33.4 Å². The first kappa shape index (κ1) is 35.6. The highest BCUT2D eigenvalue weighted by atomic mass is 14.7. The summed E-state index contributed by atoms with van der Waals surface area (Å²) in [5, 5.41) is 12.2. The second-order valence-electron chi connectivity index (χ2n) is 14.8. The minimum atomic E-state index is -0.337. The Balaban J connectivity index is 0.000000206. The van der Waals surface area contributed by atoms with E-state index in [1.807, 2.05) is 60.7 Å². The molecule has 0 aromatic heterocycles. The second kappa shape index (κ2) is 14.9. The van der Waals surface area contributed by atoms with Crippen LogP contribution in [0, 0.1) is 12.3 Å². The van der Waals surface area contributed by atoms with Crippen molar-refractivity contribution in [2.75, 3.05) is 0 Å². The normalized spacial score (nSPS) is 12.4. The molecule has 0 fully saturated rings. The van der Waals surface area contributed by atoms with E-state index in [0.717, 1.165) is 5.56 Å². The van der Waals surface area contributed by atoms with Gasteiger partial charge in [-0.05, 0) is 108 Å². The van der Waals surface area contributed by atoms with Gasteiger partial charge in [0.1, 0.15) is 5.84 Å². The summed E-state index contributed by atoms with van der Waals surface area (Å²) in [5.74, 6) is 0.121. The van der Waals surface area contributed by atoms with Crippen molar-refractivity contribution in [3.63, 3.8) is 0 Å². The summed E-state index contributed by atoms with van der Waals surface area (Å²) in [5.41, 5.74) is 27.0. The molecule has 0 aliphatic heterocycles. The Labute approximate surface area is 334 Å². The largest absolute Gasteiger partial charge is 0.384 e. The number of rotatable bonds is 3. The first-order valence-electron chi connectivity index (χ1n) is 19.5. The van der Waals surface area contributed by atoms with Crippen molar-refractivity contribution in [2.24, 2.45) is 11.5 Å². The number of hydrogen-bond donors (Lipinski definition) is 3. The molecule has 3 heteroatoms. The van der Waals surface area contributed by atoms with E-state index in [1.54, 1.807) is 0 Å². The molecule has 274 valence electrons. The van der Waals surface area contributed by atoms with Crippen molar-refractivity contribution < 1.29 is 0 Å². The van der Waals surface area contributed by atoms with Crippen molar-refractivity contribution >= 4 is 27.4 Å². The molecule has 2 aliphatic rings. The molecule has 5 N–H and O–H groups in total. The molecule has 3 nitrogen and oxygen atoms in total. The molecular formula is C54H43N3. The fraction of sp³-hybridized carbons (Fsp3) is 0.0556. The van der Waals surface area contributed by atoms with Gasteiger partial charge in [-0.25, -0.2) is 0 Å². The highest BCUT2D eigenvalue weighted by Gasteiger charge is 2.52. The summed E-state index contributed by atoms with van der Waals surface area (Å²) in [7, 11) is 0. The van der Waals surface area contributed by atoms with Crippen LogP contribution in [0.25, 0.3) is 54.9 Å². The zero-order valence-electron chi connectivity index (χ0n) is 31.9. The van der Waals surface area contributed by atoms with Crippen LogP contribution in [0.4, 0.5) is 0 Å². The zero-order valence-corrected chi connectivity index (χ0v) is 31.9. The number of benzene rings is 9. The lowest BCUT2D eigenvalue weighted by atomic mass is 9.70. The lowest BCUT2D eigenvalue weighted by molar-refractivity contribution is 0.795. The topological polar surface area (TPSA) is 75.9 Å². The fourth-order valence-electron chi connectivity index (χ4n) is 8.81. The number of amidine groups is 1. The summed E-state index contributed by atoms with van der Waals surface area (Å²) >= 11 is 0. The number of nitrogen functional groups attached to an aromatic ring is 1. The van der Waals surface area contributed by atoms with Crippen LogP contribution in [0.5, 0.6) is 0 Å². The Morgan fingerprint density at radius 3 is 1.68 bits per heavy atom. The third-order valence-electron chi connectivity index (χ3n) is 11.5. The standard InChI is InChI=1S/C40H26.C7H8N2.C7H9N/c1-25-14-16-26(17-15-25)28-18-19-29-23-34-38(24-30(29)22-28)40(37-21-20-27-8-2-3-9-31(27)39(34)37)35-12-6-4-10-32(35)33-11-5-7-13-36(33)40;8-7(9)6-4-2-1-3-5-6;8-6-7-4-2-1-3-5-7/h2-24H,1H3;1-5H,(H3,8,9);1-5H,6,8H2. The molecule has 9 aromatic carbocycles. The van der Waals surface area contributed by atoms with E-state index in [1.165, 1.54) is 88.3 Å². The molecule has 57 heavy (non-hydrogen) atoms. The molecule has 0 unspecified atom stereocenters. The highest BCUT2D eigenvalue weighted by Crippen LogP contribution is 2.64. The second-order valence-corrected chi connectivity index (χ2v) is 14.8. The predicted octanol–water partition coefficient (Wildman–Crippen LogP) is 12.4. The lowest BCUT2D eigenvalue weighted by Crippen LogP contribution is -2.25. The smallest absolute Gasteiger partial charge is 0.122 e. The quantitative estimate of drug-likeness (QED) is 0.125. The van der Waals surface area contributed by atoms with Gasteiger partial charge in [0.2, 0.25) is 0 Å². The van der Waals surface area contributed by atoms with Crippen LogP contribution in [-0.2, 0) is 12.0 Å². The molecule has 1 spiro atoms. The predicted molar refractivity (Wildman–Crippen MR) is 240 cm³/mol. The van der Waals surface area contributed by atoms with Gasteiger partial charge in [-0.1, -0.05) is 188 Å². The van der Waals surface area contributed by atoms with Crippen molar-refractivity contribution in [3.05, 3.63) is 239 Å². The van der Waals surface area contributed by atoms with Gasteiger partial charge in [-0.2, -0.15) is 0 Å². The summed E-state index contributed by atoms with van der Waals surface area (Å²) in [4.78, 5) is 0. The van der Waals surface area contributed by atoms with Crippen LogP contribution in [0.1, 0.15) is 38.9 Å². The van der Waals surface area contributed by atoms with Crippen molar-refractivity contribution in [1.82, 2.24) is 0 Å². The Hall–Kier alpha value is -7.07. The Morgan fingerprint density at radius 1 is 0.474 bits per heavy atom. The van der Waals surface area contributed by atoms with Gasteiger partial charge >= 0.3 is 0 Å². The third kappa shape index (κ3) is 6.19. The molecule has 0 bridgehead atoms. The minimum absolute atomic E-state index is 0.121. The van der Waals surface area contributed by atoms with Crippen molar-refractivity contribution in [2.45, 2.75) is 18.9 Å². The van der Waals surface area contributed by atoms with E-state index in [4.69, 9.17) is 16.9 Å². The van der Waals surface area contributed by atoms with Crippen LogP contribution >= 0.6 is 0 Å². The maximum atomic E-state index is 7.01. The monoisotopic (exact) mass is 733 g/mol. The minimum Gasteiger partial charge on any atom is -0.384 e. The van der Waals surface area contributed by atoms with E-state index in [-0.39, 0.29) is 11.3 Å². The Morgan fingerprint density at radius 2 is 1.05 bits per heavy atom. The highest BCUT2D eigenvalue weighted by molar-refractivity contribution is 6.08. The number of aryl methyl sites for hydroxylation is 1. The van der Waals surface area contributed by atoms with Gasteiger partial charge in [0.05, 0.1) is 5.41 Å². The molecule has 0 saturated carbocycles. The fourth-order valence-corrected chi connectivity index (χ4v) is 8.81. The van der Waals surface area contributed by atoms with Crippen LogP contribution in [0.2, 0.25) is 0 Å². The van der Waals surface area contributed by atoms with E-state index in [2.05, 4.69) is 146 Å². The van der Waals surface area contributed by atoms with E-state index >= 15 is 0 Å². The molecule has 9 aromatic rings. The van der Waals surface area contributed by atoms with Crippen LogP contribution in [-0.4, -0.2) is 5.84 Å². The molecule has 0 atom stereocenters. The van der Waals surface area contributed by atoms with E-state index < -0.39 is 0 Å². The average Bonchev–Trinajstić information content (AvgIpc) is 3.73. The molecule has 0 saturated heterocycles. The summed E-state index contributed by atoms with van der Waals surface area (Å²) in [6.07, 6.45) is 0.